The number of amides is 1. The van der Waals surface area contributed by atoms with E-state index in [4.69, 9.17) is 9.47 Å². The first-order valence-corrected chi connectivity index (χ1v) is 8.99. The molecule has 0 aliphatic rings. The number of methoxy groups -OCH3 is 2. The van der Waals surface area contributed by atoms with Crippen molar-refractivity contribution in [3.63, 3.8) is 0 Å². The number of benzene rings is 2. The van der Waals surface area contributed by atoms with Crippen molar-refractivity contribution in [2.75, 3.05) is 14.2 Å². The zero-order chi connectivity index (χ0) is 18.7. The van der Waals surface area contributed by atoms with Gasteiger partial charge in [-0.25, -0.2) is 4.39 Å². The van der Waals surface area contributed by atoms with Gasteiger partial charge in [0.05, 0.1) is 24.4 Å². The topological polar surface area (TPSA) is 52.8 Å². The zero-order valence-corrected chi connectivity index (χ0v) is 15.6. The van der Waals surface area contributed by atoms with Crippen LogP contribution in [0.25, 0.3) is 10.2 Å². The summed E-state index contributed by atoms with van der Waals surface area (Å²) < 4.78 is 26.6. The number of aryl methyl sites for hydroxylation is 1. The van der Waals surface area contributed by atoms with Crippen LogP contribution in [0.4, 0.5) is 4.39 Å². The second-order valence-corrected chi connectivity index (χ2v) is 6.64. The summed E-state index contributed by atoms with van der Waals surface area (Å²) in [6, 6.07) is 9.51. The Morgan fingerprint density at radius 1 is 1.15 bits per heavy atom. The minimum atomic E-state index is -0.386. The van der Waals surface area contributed by atoms with E-state index in [9.17, 15) is 9.18 Å². The molecule has 0 spiro atoms. The lowest BCUT2D eigenvalue weighted by Gasteiger charge is -2.07. The Morgan fingerprint density at radius 3 is 2.62 bits per heavy atom. The largest absolute Gasteiger partial charge is 0.493 e. The van der Waals surface area contributed by atoms with Gasteiger partial charge in [0.15, 0.2) is 16.3 Å². The molecule has 0 radical (unpaired) electrons. The average molecular weight is 374 g/mol. The first-order valence-electron chi connectivity index (χ1n) is 8.17. The molecule has 1 amide bonds. The number of thiazole rings is 1. The SMILES string of the molecule is CCCn1c(=NC(=O)c2ccc(OC)c(OC)c2)sc2cc(F)ccc21. The van der Waals surface area contributed by atoms with Gasteiger partial charge in [0.2, 0.25) is 0 Å². The fourth-order valence-corrected chi connectivity index (χ4v) is 3.77. The maximum Gasteiger partial charge on any atom is 0.279 e. The normalized spacial score (nSPS) is 11.8. The fourth-order valence-electron chi connectivity index (χ4n) is 2.69. The molecule has 0 N–H and O–H groups in total. The molecule has 0 aliphatic carbocycles. The van der Waals surface area contributed by atoms with Gasteiger partial charge in [0.25, 0.3) is 5.91 Å². The van der Waals surface area contributed by atoms with Crippen molar-refractivity contribution in [2.45, 2.75) is 19.9 Å². The van der Waals surface area contributed by atoms with Crippen molar-refractivity contribution in [1.29, 1.82) is 0 Å². The van der Waals surface area contributed by atoms with E-state index in [1.54, 1.807) is 24.3 Å². The first-order chi connectivity index (χ1) is 12.6. The summed E-state index contributed by atoms with van der Waals surface area (Å²) in [4.78, 5) is 17.5. The monoisotopic (exact) mass is 374 g/mol. The third kappa shape index (κ3) is 3.48. The van der Waals surface area contributed by atoms with Crippen LogP contribution in [0.15, 0.2) is 41.4 Å². The highest BCUT2D eigenvalue weighted by Crippen LogP contribution is 2.28. The van der Waals surface area contributed by atoms with E-state index in [1.165, 1.54) is 37.7 Å². The predicted octanol–water partition coefficient (Wildman–Crippen LogP) is 4.01. The molecule has 0 saturated heterocycles. The van der Waals surface area contributed by atoms with E-state index in [0.29, 0.717) is 28.4 Å². The molecule has 0 atom stereocenters. The van der Waals surface area contributed by atoms with Crippen LogP contribution in [0, 0.1) is 5.82 Å². The number of ether oxygens (including phenoxy) is 2. The number of halogens is 1. The quantitative estimate of drug-likeness (QED) is 0.678. The van der Waals surface area contributed by atoms with Crippen LogP contribution >= 0.6 is 11.3 Å². The smallest absolute Gasteiger partial charge is 0.279 e. The van der Waals surface area contributed by atoms with Gasteiger partial charge in [-0.2, -0.15) is 4.99 Å². The summed E-state index contributed by atoms with van der Waals surface area (Å²) >= 11 is 1.30. The number of hydrogen-bond donors (Lipinski definition) is 0. The summed E-state index contributed by atoms with van der Waals surface area (Å²) in [5.41, 5.74) is 1.27. The highest BCUT2D eigenvalue weighted by Gasteiger charge is 2.12. The Hall–Kier alpha value is -2.67. The second kappa shape index (κ2) is 7.70. The molecule has 5 nitrogen and oxygen atoms in total. The molecular formula is C19H19FN2O3S. The van der Waals surface area contributed by atoms with E-state index < -0.39 is 0 Å². The number of hydrogen-bond acceptors (Lipinski definition) is 4. The maximum atomic E-state index is 13.5. The lowest BCUT2D eigenvalue weighted by molar-refractivity contribution is 0.0997. The molecule has 26 heavy (non-hydrogen) atoms. The van der Waals surface area contributed by atoms with Gasteiger partial charge in [0, 0.05) is 12.1 Å². The summed E-state index contributed by atoms with van der Waals surface area (Å²) in [5.74, 6) is 0.318. The van der Waals surface area contributed by atoms with Gasteiger partial charge >= 0.3 is 0 Å². The lowest BCUT2D eigenvalue weighted by Crippen LogP contribution is -2.16. The van der Waals surface area contributed by atoms with Gasteiger partial charge in [-0.05, 0) is 42.8 Å². The highest BCUT2D eigenvalue weighted by atomic mass is 32.1. The molecule has 3 rings (SSSR count). The van der Waals surface area contributed by atoms with Crippen LogP contribution in [0.1, 0.15) is 23.7 Å². The number of rotatable bonds is 5. The van der Waals surface area contributed by atoms with E-state index in [2.05, 4.69) is 4.99 Å². The minimum absolute atomic E-state index is 0.305. The third-order valence-corrected chi connectivity index (χ3v) is 4.96. The molecule has 0 bridgehead atoms. The first kappa shape index (κ1) is 18.1. The zero-order valence-electron chi connectivity index (χ0n) is 14.8. The molecule has 3 aromatic rings. The molecule has 7 heteroatoms. The van der Waals surface area contributed by atoms with Crippen molar-refractivity contribution in [3.8, 4) is 11.5 Å². The molecule has 1 aromatic heterocycles. The standard InChI is InChI=1S/C19H19FN2O3S/c1-4-9-22-14-7-6-13(20)11-17(14)26-19(22)21-18(23)12-5-8-15(24-2)16(10-12)25-3/h5-8,10-11H,4,9H2,1-3H3. The van der Waals surface area contributed by atoms with Gasteiger partial charge in [0.1, 0.15) is 5.82 Å². The second-order valence-electron chi connectivity index (χ2n) is 5.64. The van der Waals surface area contributed by atoms with E-state index in [-0.39, 0.29) is 11.7 Å². The van der Waals surface area contributed by atoms with E-state index in [1.807, 2.05) is 11.5 Å². The lowest BCUT2D eigenvalue weighted by atomic mass is 10.2. The molecule has 2 aromatic carbocycles. The maximum absolute atomic E-state index is 13.5. The molecular weight excluding hydrogens is 355 g/mol. The Morgan fingerprint density at radius 2 is 1.92 bits per heavy atom. The van der Waals surface area contributed by atoms with Gasteiger partial charge in [-0.3, -0.25) is 4.79 Å². The summed E-state index contributed by atoms with van der Waals surface area (Å²) in [6.07, 6.45) is 0.876. The molecule has 0 fully saturated rings. The minimum Gasteiger partial charge on any atom is -0.493 e. The van der Waals surface area contributed by atoms with Gasteiger partial charge in [-0.1, -0.05) is 18.3 Å². The number of aromatic nitrogens is 1. The molecule has 0 aliphatic heterocycles. The predicted molar refractivity (Wildman–Crippen MR) is 99.5 cm³/mol. The van der Waals surface area contributed by atoms with Crippen molar-refractivity contribution in [1.82, 2.24) is 4.57 Å². The van der Waals surface area contributed by atoms with Gasteiger partial charge in [-0.15, -0.1) is 0 Å². The van der Waals surface area contributed by atoms with Crippen LogP contribution in [0.2, 0.25) is 0 Å². The van der Waals surface area contributed by atoms with Crippen LogP contribution in [0.5, 0.6) is 11.5 Å². The fraction of sp³-hybridized carbons (Fsp3) is 0.263. The Bertz CT molecular complexity index is 1020. The Kier molecular flexibility index (Phi) is 5.37. The molecule has 136 valence electrons. The summed E-state index contributed by atoms with van der Waals surface area (Å²) in [6.45, 7) is 2.74. The van der Waals surface area contributed by atoms with Crippen molar-refractivity contribution < 1.29 is 18.7 Å². The van der Waals surface area contributed by atoms with Crippen LogP contribution in [0.3, 0.4) is 0 Å². The summed E-state index contributed by atoms with van der Waals surface area (Å²) in [5, 5.41) is 0. The van der Waals surface area contributed by atoms with E-state index in [0.717, 1.165) is 16.6 Å². The molecule has 0 unspecified atom stereocenters. The van der Waals surface area contributed by atoms with Crippen molar-refractivity contribution in [2.24, 2.45) is 4.99 Å². The molecule has 1 heterocycles. The van der Waals surface area contributed by atoms with E-state index >= 15 is 0 Å². The van der Waals surface area contributed by atoms with Crippen LogP contribution < -0.4 is 14.3 Å². The van der Waals surface area contributed by atoms with Crippen molar-refractivity contribution in [3.05, 3.63) is 52.6 Å². The Labute approximate surface area is 154 Å². The van der Waals surface area contributed by atoms with Gasteiger partial charge < -0.3 is 14.0 Å². The summed E-state index contributed by atoms with van der Waals surface area (Å²) in [7, 11) is 3.05. The van der Waals surface area contributed by atoms with Crippen LogP contribution in [-0.4, -0.2) is 24.7 Å². The Balaban J connectivity index is 2.09. The number of fused-ring (bicyclic) bond motifs is 1. The average Bonchev–Trinajstić information content (AvgIpc) is 2.97. The van der Waals surface area contributed by atoms with Crippen LogP contribution in [-0.2, 0) is 6.54 Å². The number of carbonyl (C=O) groups excluding carboxylic acids is 1. The number of nitrogens with zero attached hydrogens (tertiary/aromatic N) is 2. The molecule has 0 saturated carbocycles. The third-order valence-electron chi connectivity index (χ3n) is 3.92. The highest BCUT2D eigenvalue weighted by molar-refractivity contribution is 7.16. The van der Waals surface area contributed by atoms with Crippen molar-refractivity contribution >= 4 is 27.5 Å². The number of carbonyl (C=O) groups is 1.